The van der Waals surface area contributed by atoms with Gasteiger partial charge in [0.15, 0.2) is 11.5 Å². The van der Waals surface area contributed by atoms with Crippen LogP contribution < -0.4 is 4.90 Å². The van der Waals surface area contributed by atoms with Gasteiger partial charge in [0.2, 0.25) is 0 Å². The first kappa shape index (κ1) is 18.9. The van der Waals surface area contributed by atoms with E-state index in [9.17, 15) is 14.7 Å². The molecule has 1 amide bonds. The van der Waals surface area contributed by atoms with Crippen LogP contribution in [0.5, 0.6) is 0 Å². The van der Waals surface area contributed by atoms with Gasteiger partial charge >= 0.3 is 0 Å². The average Bonchev–Trinajstić information content (AvgIpc) is 2.98. The zero-order valence-corrected chi connectivity index (χ0v) is 16.4. The van der Waals surface area contributed by atoms with E-state index in [0.29, 0.717) is 11.3 Å². The molecule has 1 aliphatic rings. The number of aliphatic hydroxyl groups is 1. The zero-order valence-electron chi connectivity index (χ0n) is 16.4. The van der Waals surface area contributed by atoms with Crippen LogP contribution in [0.25, 0.3) is 10.8 Å². The minimum atomic E-state index is -0.715. The maximum absolute atomic E-state index is 13.2. The number of carbonyl (C=O) groups is 2. The van der Waals surface area contributed by atoms with Crippen molar-refractivity contribution >= 4 is 28.2 Å². The van der Waals surface area contributed by atoms with Crippen LogP contribution in [0, 0.1) is 5.92 Å². The number of aromatic nitrogens is 1. The highest BCUT2D eigenvalue weighted by Crippen LogP contribution is 2.43. The van der Waals surface area contributed by atoms with E-state index in [1.54, 1.807) is 18.5 Å². The Kier molecular flexibility index (Phi) is 4.89. The molecule has 0 saturated carbocycles. The molecule has 1 N–H and O–H groups in total. The third kappa shape index (κ3) is 3.29. The van der Waals surface area contributed by atoms with Crippen molar-refractivity contribution in [1.29, 1.82) is 0 Å². The first-order valence-electron chi connectivity index (χ1n) is 9.66. The number of rotatable bonds is 5. The van der Waals surface area contributed by atoms with Gasteiger partial charge in [-0.3, -0.25) is 19.5 Å². The van der Waals surface area contributed by atoms with E-state index >= 15 is 0 Å². The topological polar surface area (TPSA) is 70.5 Å². The Morgan fingerprint density at radius 1 is 1.10 bits per heavy atom. The van der Waals surface area contributed by atoms with Crippen molar-refractivity contribution in [2.75, 3.05) is 4.90 Å². The highest BCUT2D eigenvalue weighted by Gasteiger charge is 2.44. The summed E-state index contributed by atoms with van der Waals surface area (Å²) in [5.41, 5.74) is 1.48. The summed E-state index contributed by atoms with van der Waals surface area (Å²) in [5, 5.41) is 12.6. The molecule has 1 aliphatic heterocycles. The van der Waals surface area contributed by atoms with E-state index in [4.69, 9.17) is 0 Å². The lowest BCUT2D eigenvalue weighted by Crippen LogP contribution is -2.31. The summed E-state index contributed by atoms with van der Waals surface area (Å²) in [6.07, 6.45) is 3.53. The Balaban J connectivity index is 1.92. The van der Waals surface area contributed by atoms with E-state index in [2.05, 4.69) is 4.98 Å². The van der Waals surface area contributed by atoms with Crippen molar-refractivity contribution in [1.82, 2.24) is 4.98 Å². The van der Waals surface area contributed by atoms with Crippen molar-refractivity contribution < 1.29 is 14.7 Å². The largest absolute Gasteiger partial charge is 0.503 e. The highest BCUT2D eigenvalue weighted by molar-refractivity contribution is 6.18. The van der Waals surface area contributed by atoms with Crippen LogP contribution in [0.4, 0.5) is 5.69 Å². The third-order valence-electron chi connectivity index (χ3n) is 5.13. The fourth-order valence-corrected chi connectivity index (χ4v) is 3.89. The van der Waals surface area contributed by atoms with E-state index in [1.807, 2.05) is 62.4 Å². The monoisotopic (exact) mass is 386 g/mol. The molecule has 0 saturated heterocycles. The predicted molar refractivity (Wildman–Crippen MR) is 113 cm³/mol. The number of fused-ring (bicyclic) bond motifs is 1. The maximum atomic E-state index is 13.2. The molecule has 0 fully saturated rings. The lowest BCUT2D eigenvalue weighted by Gasteiger charge is -2.28. The lowest BCUT2D eigenvalue weighted by atomic mass is 9.92. The molecule has 0 bridgehead atoms. The Labute approximate surface area is 169 Å². The van der Waals surface area contributed by atoms with Gasteiger partial charge in [0.1, 0.15) is 0 Å². The fraction of sp³-hybridized carbons (Fsp3) is 0.208. The number of aliphatic hydroxyl groups excluding tert-OH is 1. The lowest BCUT2D eigenvalue weighted by molar-refractivity contribution is -0.118. The van der Waals surface area contributed by atoms with Gasteiger partial charge in [-0.05, 0) is 29.0 Å². The molecule has 5 nitrogen and oxygen atoms in total. The third-order valence-corrected chi connectivity index (χ3v) is 5.13. The molecule has 4 rings (SSSR count). The summed E-state index contributed by atoms with van der Waals surface area (Å²) < 4.78 is 0. The van der Waals surface area contributed by atoms with Crippen molar-refractivity contribution in [3.05, 3.63) is 83.9 Å². The average molecular weight is 386 g/mol. The van der Waals surface area contributed by atoms with Gasteiger partial charge in [-0.2, -0.15) is 0 Å². The molecular weight excluding hydrogens is 364 g/mol. The molecule has 2 heterocycles. The van der Waals surface area contributed by atoms with Gasteiger partial charge in [0.05, 0.1) is 17.3 Å². The van der Waals surface area contributed by atoms with Crippen LogP contribution in [-0.2, 0) is 9.59 Å². The molecule has 0 aliphatic carbocycles. The standard InChI is InChI=1S/C24H22N2O3/c1-15(2)13-20(27)21-22(17-9-6-12-25-14-17)26(24(29)23(21)28)19-11-5-8-16-7-3-4-10-18(16)19/h3-12,14-15,22,28H,13H2,1-2H3. The van der Waals surface area contributed by atoms with Crippen LogP contribution in [-0.4, -0.2) is 21.8 Å². The first-order chi connectivity index (χ1) is 14.0. The summed E-state index contributed by atoms with van der Waals surface area (Å²) in [6, 6.07) is 16.3. The van der Waals surface area contributed by atoms with E-state index in [1.165, 1.54) is 4.90 Å². The van der Waals surface area contributed by atoms with Crippen molar-refractivity contribution in [2.24, 2.45) is 5.92 Å². The molecule has 1 unspecified atom stereocenters. The summed E-state index contributed by atoms with van der Waals surface area (Å²) in [4.78, 5) is 31.9. The fourth-order valence-electron chi connectivity index (χ4n) is 3.89. The van der Waals surface area contributed by atoms with Gasteiger partial charge in [-0.25, -0.2) is 0 Å². The molecule has 0 spiro atoms. The van der Waals surface area contributed by atoms with Crippen LogP contribution in [0.1, 0.15) is 31.9 Å². The second-order valence-electron chi connectivity index (χ2n) is 7.65. The van der Waals surface area contributed by atoms with E-state index < -0.39 is 17.7 Å². The normalized spacial score (nSPS) is 16.9. The number of nitrogens with zero attached hydrogens (tertiary/aromatic N) is 2. The molecule has 29 heavy (non-hydrogen) atoms. The number of hydrogen-bond donors (Lipinski definition) is 1. The molecular formula is C24H22N2O3. The van der Waals surface area contributed by atoms with E-state index in [0.717, 1.165) is 10.8 Å². The Morgan fingerprint density at radius 3 is 2.59 bits per heavy atom. The Hall–Kier alpha value is -3.47. The van der Waals surface area contributed by atoms with Crippen LogP contribution in [0.15, 0.2) is 78.3 Å². The first-order valence-corrected chi connectivity index (χ1v) is 9.66. The quantitative estimate of drug-likeness (QED) is 0.687. The van der Waals surface area contributed by atoms with Crippen LogP contribution >= 0.6 is 0 Å². The maximum Gasteiger partial charge on any atom is 0.294 e. The molecule has 146 valence electrons. The van der Waals surface area contributed by atoms with Gasteiger partial charge in [0.25, 0.3) is 5.91 Å². The second-order valence-corrected chi connectivity index (χ2v) is 7.65. The molecule has 0 radical (unpaired) electrons. The van der Waals surface area contributed by atoms with Crippen molar-refractivity contribution in [3.8, 4) is 0 Å². The molecule has 2 aromatic carbocycles. The minimum absolute atomic E-state index is 0.110. The van der Waals surface area contributed by atoms with E-state index in [-0.39, 0.29) is 23.7 Å². The molecule has 5 heteroatoms. The summed E-state index contributed by atoms with van der Waals surface area (Å²) in [6.45, 7) is 3.88. The van der Waals surface area contributed by atoms with Gasteiger partial charge in [-0.1, -0.05) is 56.3 Å². The number of anilines is 1. The smallest absolute Gasteiger partial charge is 0.294 e. The number of amides is 1. The van der Waals surface area contributed by atoms with Crippen molar-refractivity contribution in [2.45, 2.75) is 26.3 Å². The molecule has 1 atom stereocenters. The number of Topliss-reactive ketones (excluding diaryl/α,β-unsaturated/α-hetero) is 1. The van der Waals surface area contributed by atoms with Gasteiger partial charge < -0.3 is 5.11 Å². The Bertz CT molecular complexity index is 1110. The number of carbonyl (C=O) groups excluding carboxylic acids is 2. The number of ketones is 1. The predicted octanol–water partition coefficient (Wildman–Crippen LogP) is 4.75. The number of hydrogen-bond acceptors (Lipinski definition) is 4. The summed E-state index contributed by atoms with van der Waals surface area (Å²) >= 11 is 0. The SMILES string of the molecule is CC(C)CC(=O)C1=C(O)C(=O)N(c2cccc3ccccc23)C1c1cccnc1. The number of pyridine rings is 1. The summed E-state index contributed by atoms with van der Waals surface area (Å²) in [5.74, 6) is -1.15. The van der Waals surface area contributed by atoms with Crippen LogP contribution in [0.2, 0.25) is 0 Å². The Morgan fingerprint density at radius 2 is 1.86 bits per heavy atom. The van der Waals surface area contributed by atoms with Gasteiger partial charge in [-0.15, -0.1) is 0 Å². The molecule has 1 aromatic heterocycles. The highest BCUT2D eigenvalue weighted by atomic mass is 16.3. The number of benzene rings is 2. The molecule has 3 aromatic rings. The van der Waals surface area contributed by atoms with Crippen LogP contribution in [0.3, 0.4) is 0 Å². The zero-order chi connectivity index (χ0) is 20.5. The van der Waals surface area contributed by atoms with Gasteiger partial charge in [0, 0.05) is 24.2 Å². The second kappa shape index (κ2) is 7.51. The van der Waals surface area contributed by atoms with Crippen molar-refractivity contribution in [3.63, 3.8) is 0 Å². The summed E-state index contributed by atoms with van der Waals surface area (Å²) in [7, 11) is 0. The minimum Gasteiger partial charge on any atom is -0.503 e.